The van der Waals surface area contributed by atoms with Gasteiger partial charge in [0.15, 0.2) is 0 Å². The maximum atomic E-state index is 13.0. The number of aromatic nitrogens is 4. The SMILES string of the molecule is COc1cc(Nc2nccc(-c3cc(C(=O)O)n(C)n3)n2)cc(C(F)(F)F)c1. The van der Waals surface area contributed by atoms with Crippen molar-refractivity contribution in [3.63, 3.8) is 0 Å². The van der Waals surface area contributed by atoms with Gasteiger partial charge in [0.25, 0.3) is 0 Å². The number of aromatic carboxylic acids is 1. The number of hydrogen-bond donors (Lipinski definition) is 2. The average molecular weight is 393 g/mol. The molecule has 0 unspecified atom stereocenters. The minimum Gasteiger partial charge on any atom is -0.497 e. The summed E-state index contributed by atoms with van der Waals surface area (Å²) in [4.78, 5) is 19.3. The molecule has 1 aromatic carbocycles. The number of halogens is 3. The lowest BCUT2D eigenvalue weighted by Gasteiger charge is -2.12. The zero-order valence-corrected chi connectivity index (χ0v) is 14.7. The maximum Gasteiger partial charge on any atom is 0.416 e. The topological polar surface area (TPSA) is 102 Å². The molecule has 0 fully saturated rings. The Morgan fingerprint density at radius 1 is 1.21 bits per heavy atom. The monoisotopic (exact) mass is 393 g/mol. The van der Waals surface area contributed by atoms with Crippen molar-refractivity contribution in [2.24, 2.45) is 7.05 Å². The van der Waals surface area contributed by atoms with Crippen molar-refractivity contribution in [1.82, 2.24) is 19.7 Å². The highest BCUT2D eigenvalue weighted by atomic mass is 19.4. The number of carbonyl (C=O) groups is 1. The minimum atomic E-state index is -4.55. The predicted octanol–water partition coefficient (Wildman–Crippen LogP) is 3.35. The fourth-order valence-electron chi connectivity index (χ4n) is 2.44. The molecular weight excluding hydrogens is 379 g/mol. The van der Waals surface area contributed by atoms with Crippen LogP contribution in [0.2, 0.25) is 0 Å². The van der Waals surface area contributed by atoms with Gasteiger partial charge in [-0.05, 0) is 18.2 Å². The molecule has 0 aliphatic carbocycles. The standard InChI is InChI=1S/C17H14F3N5O3/c1-25-14(15(26)27)8-13(24-25)12-3-4-21-16(23-12)22-10-5-9(17(18,19)20)6-11(7-10)28-2/h3-8H,1-2H3,(H,26,27)(H,21,22,23). The molecule has 0 saturated carbocycles. The maximum absolute atomic E-state index is 13.0. The summed E-state index contributed by atoms with van der Waals surface area (Å²) in [5.41, 5.74) is -0.255. The van der Waals surface area contributed by atoms with Gasteiger partial charge in [-0.1, -0.05) is 0 Å². The normalized spacial score (nSPS) is 11.3. The summed E-state index contributed by atoms with van der Waals surface area (Å²) in [6.07, 6.45) is -3.17. The largest absolute Gasteiger partial charge is 0.497 e. The van der Waals surface area contributed by atoms with E-state index in [1.165, 1.54) is 43.2 Å². The molecule has 2 N–H and O–H groups in total. The minimum absolute atomic E-state index is 0.0152. The van der Waals surface area contributed by atoms with Crippen LogP contribution >= 0.6 is 0 Å². The number of benzene rings is 1. The number of rotatable bonds is 5. The van der Waals surface area contributed by atoms with Crippen LogP contribution in [0.25, 0.3) is 11.4 Å². The highest BCUT2D eigenvalue weighted by Gasteiger charge is 2.31. The van der Waals surface area contributed by atoms with E-state index in [2.05, 4.69) is 20.4 Å². The van der Waals surface area contributed by atoms with E-state index in [1.54, 1.807) is 0 Å². The molecule has 2 aromatic heterocycles. The van der Waals surface area contributed by atoms with Gasteiger partial charge in [0.05, 0.1) is 18.4 Å². The molecule has 0 radical (unpaired) electrons. The van der Waals surface area contributed by atoms with Crippen molar-refractivity contribution < 1.29 is 27.8 Å². The average Bonchev–Trinajstić information content (AvgIpc) is 3.03. The van der Waals surface area contributed by atoms with E-state index in [1.807, 2.05) is 0 Å². The molecule has 3 aromatic rings. The molecule has 0 amide bonds. The smallest absolute Gasteiger partial charge is 0.416 e. The van der Waals surface area contributed by atoms with Crippen molar-refractivity contribution in [2.75, 3.05) is 12.4 Å². The van der Waals surface area contributed by atoms with Gasteiger partial charge >= 0.3 is 12.1 Å². The summed E-state index contributed by atoms with van der Waals surface area (Å²) in [7, 11) is 2.74. The number of alkyl halides is 3. The Hall–Kier alpha value is -3.63. The molecular formula is C17H14F3N5O3. The lowest BCUT2D eigenvalue weighted by Crippen LogP contribution is -2.07. The van der Waals surface area contributed by atoms with Gasteiger partial charge in [0.2, 0.25) is 5.95 Å². The molecule has 3 rings (SSSR count). The number of anilines is 2. The van der Waals surface area contributed by atoms with Crippen molar-refractivity contribution in [2.45, 2.75) is 6.18 Å². The Morgan fingerprint density at radius 3 is 2.57 bits per heavy atom. The second kappa shape index (κ2) is 7.18. The number of methoxy groups -OCH3 is 1. The van der Waals surface area contributed by atoms with E-state index < -0.39 is 17.7 Å². The van der Waals surface area contributed by atoms with Crippen molar-refractivity contribution >= 4 is 17.6 Å². The molecule has 0 saturated heterocycles. The summed E-state index contributed by atoms with van der Waals surface area (Å²) in [5, 5.41) is 15.9. The van der Waals surface area contributed by atoms with Gasteiger partial charge < -0.3 is 15.2 Å². The highest BCUT2D eigenvalue weighted by Crippen LogP contribution is 2.34. The first kappa shape index (κ1) is 19.1. The molecule has 0 bridgehead atoms. The number of nitrogens with one attached hydrogen (secondary N) is 1. The second-order valence-corrected chi connectivity index (χ2v) is 5.68. The van der Waals surface area contributed by atoms with E-state index in [-0.39, 0.29) is 28.8 Å². The van der Waals surface area contributed by atoms with E-state index in [0.717, 1.165) is 12.1 Å². The molecule has 146 valence electrons. The van der Waals surface area contributed by atoms with Crippen LogP contribution in [0.5, 0.6) is 5.75 Å². The molecule has 0 spiro atoms. The molecule has 0 aliphatic rings. The fraction of sp³-hybridized carbons (Fsp3) is 0.176. The van der Waals surface area contributed by atoms with Gasteiger partial charge in [-0.25, -0.2) is 14.8 Å². The number of carboxylic acid groups (broad SMARTS) is 1. The summed E-state index contributed by atoms with van der Waals surface area (Å²) in [6, 6.07) is 5.99. The predicted molar refractivity (Wildman–Crippen MR) is 92.5 cm³/mol. The number of carboxylic acids is 1. The van der Waals surface area contributed by atoms with Crippen LogP contribution in [0.1, 0.15) is 16.1 Å². The third kappa shape index (κ3) is 4.03. The van der Waals surface area contributed by atoms with Gasteiger partial charge in [-0.2, -0.15) is 18.3 Å². The summed E-state index contributed by atoms with van der Waals surface area (Å²) in [6.45, 7) is 0. The van der Waals surface area contributed by atoms with E-state index in [0.29, 0.717) is 5.69 Å². The van der Waals surface area contributed by atoms with Crippen molar-refractivity contribution in [3.8, 4) is 17.1 Å². The summed E-state index contributed by atoms with van der Waals surface area (Å²) >= 11 is 0. The molecule has 11 heteroatoms. The number of nitrogens with zero attached hydrogens (tertiary/aromatic N) is 4. The Morgan fingerprint density at radius 2 is 1.96 bits per heavy atom. The van der Waals surface area contributed by atoms with Crippen molar-refractivity contribution in [3.05, 3.63) is 47.8 Å². The molecule has 0 atom stereocenters. The van der Waals surface area contributed by atoms with E-state index >= 15 is 0 Å². The highest BCUT2D eigenvalue weighted by molar-refractivity contribution is 5.87. The van der Waals surface area contributed by atoms with Gasteiger partial charge in [0, 0.05) is 31.1 Å². The van der Waals surface area contributed by atoms with Crippen molar-refractivity contribution in [1.29, 1.82) is 0 Å². The van der Waals surface area contributed by atoms with Gasteiger partial charge in [0.1, 0.15) is 17.1 Å². The number of ether oxygens (including phenoxy) is 1. The van der Waals surface area contributed by atoms with Gasteiger partial charge in [-0.15, -0.1) is 0 Å². The molecule has 28 heavy (non-hydrogen) atoms. The lowest BCUT2D eigenvalue weighted by molar-refractivity contribution is -0.137. The first-order valence-corrected chi connectivity index (χ1v) is 7.81. The summed E-state index contributed by atoms with van der Waals surface area (Å²) < 4.78 is 45.2. The Balaban J connectivity index is 1.93. The number of hydrogen-bond acceptors (Lipinski definition) is 6. The second-order valence-electron chi connectivity index (χ2n) is 5.68. The fourth-order valence-corrected chi connectivity index (χ4v) is 2.44. The van der Waals surface area contributed by atoms with Crippen LogP contribution in [0, 0.1) is 0 Å². The lowest BCUT2D eigenvalue weighted by atomic mass is 10.2. The molecule has 0 aliphatic heterocycles. The first-order valence-electron chi connectivity index (χ1n) is 7.81. The molecule has 2 heterocycles. The van der Waals surface area contributed by atoms with Gasteiger partial charge in [-0.3, -0.25) is 4.68 Å². The number of aryl methyl sites for hydroxylation is 1. The Labute approximate surface area is 156 Å². The Kier molecular flexibility index (Phi) is 4.91. The zero-order valence-electron chi connectivity index (χ0n) is 14.7. The van der Waals surface area contributed by atoms with Crippen LogP contribution in [0.4, 0.5) is 24.8 Å². The molecule has 8 nitrogen and oxygen atoms in total. The first-order chi connectivity index (χ1) is 13.2. The Bertz CT molecular complexity index is 1030. The van der Waals surface area contributed by atoms with Crippen LogP contribution in [0.15, 0.2) is 36.5 Å². The quantitative estimate of drug-likeness (QED) is 0.685. The zero-order chi connectivity index (χ0) is 20.5. The van der Waals surface area contributed by atoms with E-state index in [9.17, 15) is 18.0 Å². The van der Waals surface area contributed by atoms with Crippen LogP contribution in [-0.4, -0.2) is 37.9 Å². The van der Waals surface area contributed by atoms with Crippen LogP contribution < -0.4 is 10.1 Å². The van der Waals surface area contributed by atoms with Crippen LogP contribution in [-0.2, 0) is 13.2 Å². The summed E-state index contributed by atoms with van der Waals surface area (Å²) in [5.74, 6) is -1.12. The van der Waals surface area contributed by atoms with E-state index in [4.69, 9.17) is 9.84 Å². The van der Waals surface area contributed by atoms with Crippen LogP contribution in [0.3, 0.4) is 0 Å². The third-order valence-corrected chi connectivity index (χ3v) is 3.74. The third-order valence-electron chi connectivity index (χ3n) is 3.74.